The molecule has 0 unspecified atom stereocenters. The van der Waals surface area contributed by atoms with E-state index in [1.54, 1.807) is 0 Å². The van der Waals surface area contributed by atoms with E-state index in [9.17, 15) is 13.2 Å². The predicted octanol–water partition coefficient (Wildman–Crippen LogP) is 2.76. The molecule has 0 radical (unpaired) electrons. The van der Waals surface area contributed by atoms with Gasteiger partial charge in [-0.3, -0.25) is 5.41 Å². The Morgan fingerprint density at radius 3 is 2.05 bits per heavy atom. The second kappa shape index (κ2) is 6.05. The van der Waals surface area contributed by atoms with Gasteiger partial charge < -0.3 is 10.8 Å². The summed E-state index contributed by atoms with van der Waals surface area (Å²) in [5, 5.41) is 16.7. The second-order valence-electron chi connectivity index (χ2n) is 3.78. The molecule has 0 aromatic heterocycles. The summed E-state index contributed by atoms with van der Waals surface area (Å²) in [6.07, 6.45) is -5.08. The van der Waals surface area contributed by atoms with Crippen molar-refractivity contribution in [1.82, 2.24) is 0 Å². The molecule has 0 fully saturated rings. The number of hydrogen-bond acceptors (Lipinski definition) is 2. The molecule has 0 heterocycles. The molecule has 0 bridgehead atoms. The SMILES string of the molecule is N=C(N)c1ccc2ccccc2c1.O=C(O)C(F)(F)F. The minimum Gasteiger partial charge on any atom is -0.475 e. The molecule has 20 heavy (non-hydrogen) atoms. The van der Waals surface area contributed by atoms with Crippen LogP contribution in [0.2, 0.25) is 0 Å². The number of amidine groups is 1. The van der Waals surface area contributed by atoms with Crippen molar-refractivity contribution >= 4 is 22.6 Å². The maximum Gasteiger partial charge on any atom is 0.490 e. The van der Waals surface area contributed by atoms with Gasteiger partial charge in [0.15, 0.2) is 0 Å². The van der Waals surface area contributed by atoms with E-state index in [-0.39, 0.29) is 5.84 Å². The number of carbonyl (C=O) groups is 1. The Morgan fingerprint density at radius 2 is 1.60 bits per heavy atom. The number of carboxylic acid groups (broad SMARTS) is 1. The molecule has 2 aromatic rings. The van der Waals surface area contributed by atoms with E-state index in [0.29, 0.717) is 0 Å². The molecule has 0 amide bonds. The van der Waals surface area contributed by atoms with Crippen molar-refractivity contribution < 1.29 is 23.1 Å². The van der Waals surface area contributed by atoms with Gasteiger partial charge in [0.1, 0.15) is 5.84 Å². The molecule has 0 aliphatic rings. The number of nitrogens with two attached hydrogens (primary N) is 1. The van der Waals surface area contributed by atoms with Crippen LogP contribution in [0, 0.1) is 5.41 Å². The van der Waals surface area contributed by atoms with Crippen molar-refractivity contribution in [2.75, 3.05) is 0 Å². The summed E-state index contributed by atoms with van der Waals surface area (Å²) in [6, 6.07) is 13.8. The maximum absolute atomic E-state index is 10.6. The third-order valence-electron chi connectivity index (χ3n) is 2.30. The van der Waals surface area contributed by atoms with Gasteiger partial charge in [0.2, 0.25) is 0 Å². The van der Waals surface area contributed by atoms with Crippen LogP contribution in [-0.2, 0) is 4.79 Å². The Kier molecular flexibility index (Phi) is 4.68. The van der Waals surface area contributed by atoms with Crippen molar-refractivity contribution in [3.8, 4) is 0 Å². The van der Waals surface area contributed by atoms with Crippen molar-refractivity contribution in [3.05, 3.63) is 48.0 Å². The van der Waals surface area contributed by atoms with Gasteiger partial charge in [-0.15, -0.1) is 0 Å². The molecular formula is C13H11F3N2O2. The summed E-state index contributed by atoms with van der Waals surface area (Å²) in [7, 11) is 0. The third-order valence-corrected chi connectivity index (χ3v) is 2.30. The summed E-state index contributed by atoms with van der Waals surface area (Å²) in [4.78, 5) is 8.90. The zero-order valence-electron chi connectivity index (χ0n) is 10.1. The minimum absolute atomic E-state index is 0.116. The van der Waals surface area contributed by atoms with Crippen LogP contribution < -0.4 is 5.73 Å². The highest BCUT2D eigenvalue weighted by Crippen LogP contribution is 2.15. The van der Waals surface area contributed by atoms with Crippen molar-refractivity contribution in [1.29, 1.82) is 5.41 Å². The first-order valence-electron chi connectivity index (χ1n) is 5.35. The lowest BCUT2D eigenvalue weighted by atomic mass is 10.1. The first-order valence-corrected chi connectivity index (χ1v) is 5.35. The van der Waals surface area contributed by atoms with E-state index in [0.717, 1.165) is 10.9 Å². The van der Waals surface area contributed by atoms with Gasteiger partial charge in [-0.05, 0) is 16.8 Å². The van der Waals surface area contributed by atoms with E-state index >= 15 is 0 Å². The van der Waals surface area contributed by atoms with Crippen molar-refractivity contribution in [3.63, 3.8) is 0 Å². The van der Waals surface area contributed by atoms with Crippen molar-refractivity contribution in [2.24, 2.45) is 5.73 Å². The fourth-order valence-electron chi connectivity index (χ4n) is 1.36. The van der Waals surface area contributed by atoms with Crippen molar-refractivity contribution in [2.45, 2.75) is 6.18 Å². The van der Waals surface area contributed by atoms with E-state index in [1.807, 2.05) is 42.5 Å². The number of halogens is 3. The first kappa shape index (κ1) is 15.5. The number of hydrogen-bond donors (Lipinski definition) is 3. The number of carboxylic acids is 1. The van der Waals surface area contributed by atoms with E-state index in [1.165, 1.54) is 5.39 Å². The lowest BCUT2D eigenvalue weighted by Gasteiger charge is -2.00. The Morgan fingerprint density at radius 1 is 1.10 bits per heavy atom. The fourth-order valence-corrected chi connectivity index (χ4v) is 1.36. The topological polar surface area (TPSA) is 87.2 Å². The Bertz CT molecular complexity index is 639. The largest absolute Gasteiger partial charge is 0.490 e. The maximum atomic E-state index is 10.6. The molecule has 2 rings (SSSR count). The Labute approximate surface area is 112 Å². The molecule has 0 spiro atoms. The number of fused-ring (bicyclic) bond motifs is 1. The number of benzene rings is 2. The summed E-state index contributed by atoms with van der Waals surface area (Å²) < 4.78 is 31.7. The highest BCUT2D eigenvalue weighted by atomic mass is 19.4. The quantitative estimate of drug-likeness (QED) is 0.556. The van der Waals surface area contributed by atoms with Gasteiger partial charge in [0.25, 0.3) is 0 Å². The third kappa shape index (κ3) is 4.27. The predicted molar refractivity (Wildman–Crippen MR) is 68.7 cm³/mol. The van der Waals surface area contributed by atoms with Crippen LogP contribution in [-0.4, -0.2) is 23.1 Å². The first-order chi connectivity index (χ1) is 9.21. The van der Waals surface area contributed by atoms with Crippen LogP contribution in [0.3, 0.4) is 0 Å². The van der Waals surface area contributed by atoms with E-state index in [4.69, 9.17) is 21.0 Å². The number of aliphatic carboxylic acids is 1. The Balaban J connectivity index is 0.000000246. The molecule has 7 heteroatoms. The zero-order chi connectivity index (χ0) is 15.3. The van der Waals surface area contributed by atoms with Crippen LogP contribution in [0.4, 0.5) is 13.2 Å². The monoisotopic (exact) mass is 284 g/mol. The molecule has 2 aromatic carbocycles. The second-order valence-corrected chi connectivity index (χ2v) is 3.78. The van der Waals surface area contributed by atoms with Gasteiger partial charge in [-0.25, -0.2) is 4.79 Å². The van der Waals surface area contributed by atoms with Gasteiger partial charge in [-0.2, -0.15) is 13.2 Å². The molecular weight excluding hydrogens is 273 g/mol. The average molecular weight is 284 g/mol. The van der Waals surface area contributed by atoms with Gasteiger partial charge in [-0.1, -0.05) is 36.4 Å². The lowest BCUT2D eigenvalue weighted by molar-refractivity contribution is -0.192. The van der Waals surface area contributed by atoms with Crippen LogP contribution in [0.5, 0.6) is 0 Å². The molecule has 0 aliphatic heterocycles. The molecule has 0 saturated heterocycles. The smallest absolute Gasteiger partial charge is 0.475 e. The van der Waals surface area contributed by atoms with Gasteiger partial charge in [0, 0.05) is 5.56 Å². The Hall–Kier alpha value is -2.57. The molecule has 0 saturated carbocycles. The van der Waals surface area contributed by atoms with Crippen LogP contribution in [0.25, 0.3) is 10.8 Å². The lowest BCUT2D eigenvalue weighted by Crippen LogP contribution is -2.21. The average Bonchev–Trinajstić information content (AvgIpc) is 2.37. The van der Waals surface area contributed by atoms with Crippen LogP contribution >= 0.6 is 0 Å². The van der Waals surface area contributed by atoms with Crippen LogP contribution in [0.1, 0.15) is 5.56 Å². The molecule has 4 nitrogen and oxygen atoms in total. The molecule has 0 aliphatic carbocycles. The number of nitrogens with one attached hydrogen (secondary N) is 1. The fraction of sp³-hybridized carbons (Fsp3) is 0.0769. The van der Waals surface area contributed by atoms with Gasteiger partial charge >= 0.3 is 12.1 Å². The minimum atomic E-state index is -5.08. The summed E-state index contributed by atoms with van der Waals surface area (Å²) in [5.74, 6) is -2.64. The molecule has 106 valence electrons. The number of rotatable bonds is 1. The molecule has 4 N–H and O–H groups in total. The summed E-state index contributed by atoms with van der Waals surface area (Å²) in [6.45, 7) is 0. The highest BCUT2D eigenvalue weighted by molar-refractivity contribution is 5.99. The van der Waals surface area contributed by atoms with E-state index in [2.05, 4.69) is 0 Å². The summed E-state index contributed by atoms with van der Waals surface area (Å²) >= 11 is 0. The zero-order valence-corrected chi connectivity index (χ0v) is 10.1. The standard InChI is InChI=1S/C11H10N2.C2HF3O2/c12-11(13)10-6-5-8-3-1-2-4-9(8)7-10;3-2(4,5)1(6)7/h1-7H,(H3,12,13);(H,6,7). The van der Waals surface area contributed by atoms with E-state index < -0.39 is 12.1 Å². The molecule has 0 atom stereocenters. The highest BCUT2D eigenvalue weighted by Gasteiger charge is 2.38. The van der Waals surface area contributed by atoms with Crippen LogP contribution in [0.15, 0.2) is 42.5 Å². The summed E-state index contributed by atoms with van der Waals surface area (Å²) in [5.41, 5.74) is 6.16. The number of alkyl halides is 3. The normalized spacial score (nSPS) is 10.6. The van der Waals surface area contributed by atoms with Gasteiger partial charge in [0.05, 0.1) is 0 Å². The number of nitrogen functional groups attached to an aromatic ring is 1.